The molecule has 0 amide bonds. The number of hydrogen-bond donors (Lipinski definition) is 2. The van der Waals surface area contributed by atoms with Crippen LogP contribution in [-0.4, -0.2) is 19.9 Å². The maximum absolute atomic E-state index is 6.23. The van der Waals surface area contributed by atoms with Crippen LogP contribution in [0.3, 0.4) is 0 Å². The van der Waals surface area contributed by atoms with E-state index in [9.17, 15) is 0 Å². The third kappa shape index (κ3) is 3.23. The van der Waals surface area contributed by atoms with Crippen LogP contribution in [0.5, 0.6) is 5.75 Å². The Morgan fingerprint density at radius 3 is 2.65 bits per heavy atom. The molecule has 1 aliphatic rings. The molecule has 0 saturated heterocycles. The lowest BCUT2D eigenvalue weighted by Crippen LogP contribution is -2.06. The van der Waals surface area contributed by atoms with Crippen molar-refractivity contribution in [2.24, 2.45) is 0 Å². The SMILES string of the molecule is Cc1cc2[nH]c(PP)nc2c2cc3c(cc12)-c1ccc(-c2cnc(PP)[nH]2)cc1CO3. The van der Waals surface area contributed by atoms with Crippen LogP contribution in [0.4, 0.5) is 0 Å². The highest BCUT2D eigenvalue weighted by Gasteiger charge is 2.21. The maximum Gasteiger partial charge on any atom is 0.130 e. The summed E-state index contributed by atoms with van der Waals surface area (Å²) in [6.07, 6.45) is 1.90. The zero-order valence-corrected chi connectivity index (χ0v) is 21.0. The molecule has 5 nitrogen and oxygen atoms in total. The Bertz CT molecular complexity index is 1490. The molecule has 0 radical (unpaired) electrons. The summed E-state index contributed by atoms with van der Waals surface area (Å²) in [5.74, 6) is 0.922. The van der Waals surface area contributed by atoms with Gasteiger partial charge in [-0.3, -0.25) is 0 Å². The van der Waals surface area contributed by atoms with Crippen molar-refractivity contribution < 1.29 is 4.74 Å². The van der Waals surface area contributed by atoms with Crippen LogP contribution in [0.15, 0.2) is 42.6 Å². The molecule has 2 aromatic heterocycles. The van der Waals surface area contributed by atoms with E-state index in [1.165, 1.54) is 22.1 Å². The van der Waals surface area contributed by atoms with Gasteiger partial charge in [0.15, 0.2) is 0 Å². The van der Waals surface area contributed by atoms with Crippen LogP contribution >= 0.6 is 34.4 Å². The second-order valence-corrected chi connectivity index (χ2v) is 10.9. The molecule has 3 aromatic carbocycles. The van der Waals surface area contributed by atoms with Gasteiger partial charge in [-0.25, -0.2) is 9.97 Å². The van der Waals surface area contributed by atoms with E-state index in [-0.39, 0.29) is 0 Å². The number of benzene rings is 3. The number of H-pyrrole nitrogens is 2. The molecule has 1 aliphatic heterocycles. The second kappa shape index (κ2) is 7.61. The first kappa shape index (κ1) is 19.8. The van der Waals surface area contributed by atoms with E-state index in [2.05, 4.69) is 76.1 Å². The molecule has 0 spiro atoms. The van der Waals surface area contributed by atoms with Crippen LogP contribution in [0, 0.1) is 6.92 Å². The number of nitrogens with zero attached hydrogens (tertiary/aromatic N) is 2. The minimum absolute atomic E-state index is 0.557. The van der Waals surface area contributed by atoms with Gasteiger partial charge in [-0.2, -0.15) is 0 Å². The number of rotatable bonds is 3. The summed E-state index contributed by atoms with van der Waals surface area (Å²) in [6.45, 7) is 2.72. The molecule has 154 valence electrons. The molecule has 0 fully saturated rings. The largest absolute Gasteiger partial charge is 0.488 e. The maximum atomic E-state index is 6.23. The Morgan fingerprint density at radius 1 is 0.968 bits per heavy atom. The standard InChI is InChI=1S/C22H20N4OP4/c1-10-4-17-20(26-22(24-17)31-29)16-7-19-15(6-14(10)16)13-3-2-11(5-12(13)9-27-19)18-8-23-21(25-18)30-28/h2-8,30-31H,9,28-29H2,1H3,(H,23,25)(H,24,26). The van der Waals surface area contributed by atoms with Crippen LogP contribution in [0.25, 0.3) is 44.2 Å². The summed E-state index contributed by atoms with van der Waals surface area (Å²) < 4.78 is 6.23. The van der Waals surface area contributed by atoms with E-state index in [1.807, 2.05) is 6.20 Å². The number of aromatic nitrogens is 4. The molecule has 0 bridgehead atoms. The fourth-order valence-corrected chi connectivity index (χ4v) is 5.91. The Kier molecular flexibility index (Phi) is 4.86. The van der Waals surface area contributed by atoms with E-state index >= 15 is 0 Å². The van der Waals surface area contributed by atoms with Gasteiger partial charge in [-0.1, -0.05) is 12.1 Å². The fourth-order valence-electron chi connectivity index (χ4n) is 4.33. The monoisotopic (exact) mass is 480 g/mol. The third-order valence-electron chi connectivity index (χ3n) is 5.83. The minimum Gasteiger partial charge on any atom is -0.488 e. The van der Waals surface area contributed by atoms with Gasteiger partial charge < -0.3 is 14.7 Å². The molecule has 0 saturated carbocycles. The summed E-state index contributed by atoms with van der Waals surface area (Å²) in [7, 11) is 6.63. The van der Waals surface area contributed by atoms with Crippen molar-refractivity contribution in [3.8, 4) is 28.1 Å². The number of aryl methyl sites for hydroxylation is 1. The van der Waals surface area contributed by atoms with E-state index in [0.29, 0.717) is 23.1 Å². The van der Waals surface area contributed by atoms with Gasteiger partial charge in [-0.15, -0.1) is 17.9 Å². The average Bonchev–Trinajstić information content (AvgIpc) is 3.44. The van der Waals surface area contributed by atoms with E-state index in [1.54, 1.807) is 0 Å². The molecule has 4 atom stereocenters. The minimum atomic E-state index is 0.557. The van der Waals surface area contributed by atoms with Gasteiger partial charge in [-0.05, 0) is 75.4 Å². The van der Waals surface area contributed by atoms with Crippen molar-refractivity contribution in [1.29, 1.82) is 0 Å². The van der Waals surface area contributed by atoms with Crippen LogP contribution in [0.2, 0.25) is 0 Å². The topological polar surface area (TPSA) is 66.6 Å². The Hall–Kier alpha value is -1.88. The molecule has 6 rings (SSSR count). The highest BCUT2D eigenvalue weighted by molar-refractivity contribution is 8.06. The van der Waals surface area contributed by atoms with Crippen molar-refractivity contribution in [1.82, 2.24) is 19.9 Å². The lowest BCUT2D eigenvalue weighted by molar-refractivity contribution is 0.303. The third-order valence-corrected chi connectivity index (χ3v) is 8.51. The summed E-state index contributed by atoms with van der Waals surface area (Å²) in [6, 6.07) is 13.2. The number of fused-ring (bicyclic) bond motifs is 6. The number of hydrogen-bond acceptors (Lipinski definition) is 3. The van der Waals surface area contributed by atoms with E-state index in [0.717, 1.165) is 50.1 Å². The molecule has 4 unspecified atom stereocenters. The summed E-state index contributed by atoms with van der Waals surface area (Å²) >= 11 is 0. The molecule has 3 heterocycles. The van der Waals surface area contributed by atoms with E-state index in [4.69, 9.17) is 9.72 Å². The first-order chi connectivity index (χ1) is 15.1. The summed E-state index contributed by atoms with van der Waals surface area (Å²) in [5.41, 5.74) is 11.1. The second-order valence-electron chi connectivity index (χ2n) is 7.66. The van der Waals surface area contributed by atoms with Crippen molar-refractivity contribution in [2.45, 2.75) is 13.5 Å². The van der Waals surface area contributed by atoms with Crippen molar-refractivity contribution in [2.75, 3.05) is 0 Å². The smallest absolute Gasteiger partial charge is 0.130 e. The Balaban J connectivity index is 1.51. The molecule has 2 N–H and O–H groups in total. The van der Waals surface area contributed by atoms with Gasteiger partial charge in [0.1, 0.15) is 23.5 Å². The van der Waals surface area contributed by atoms with Gasteiger partial charge in [0.05, 0.1) is 22.9 Å². The van der Waals surface area contributed by atoms with Gasteiger partial charge in [0, 0.05) is 10.9 Å². The highest BCUT2D eigenvalue weighted by atomic mass is 32.0. The zero-order chi connectivity index (χ0) is 21.1. The predicted molar refractivity (Wildman–Crippen MR) is 141 cm³/mol. The lowest BCUT2D eigenvalue weighted by Gasteiger charge is -2.22. The molecular formula is C22H20N4OP4. The number of nitrogens with one attached hydrogen (secondary N) is 2. The van der Waals surface area contributed by atoms with Gasteiger partial charge >= 0.3 is 0 Å². The number of imidazole rings is 2. The zero-order valence-electron chi connectivity index (χ0n) is 16.7. The van der Waals surface area contributed by atoms with Crippen LogP contribution < -0.4 is 15.9 Å². The van der Waals surface area contributed by atoms with Crippen LogP contribution in [0.1, 0.15) is 11.1 Å². The number of ether oxygens (including phenoxy) is 1. The quantitative estimate of drug-likeness (QED) is 0.351. The first-order valence-electron chi connectivity index (χ1n) is 9.86. The van der Waals surface area contributed by atoms with Crippen LogP contribution in [-0.2, 0) is 6.61 Å². The molecule has 9 heteroatoms. The molecule has 31 heavy (non-hydrogen) atoms. The van der Waals surface area contributed by atoms with E-state index < -0.39 is 0 Å². The summed E-state index contributed by atoms with van der Waals surface area (Å²) in [5, 5.41) is 2.36. The molecule has 0 aliphatic carbocycles. The van der Waals surface area contributed by atoms with Gasteiger partial charge in [0.2, 0.25) is 0 Å². The Morgan fingerprint density at radius 2 is 1.84 bits per heavy atom. The van der Waals surface area contributed by atoms with Crippen molar-refractivity contribution in [3.05, 3.63) is 53.7 Å². The lowest BCUT2D eigenvalue weighted by atomic mass is 9.91. The molecule has 5 aromatic rings. The molecular weight excluding hydrogens is 460 g/mol. The van der Waals surface area contributed by atoms with Crippen molar-refractivity contribution in [3.63, 3.8) is 0 Å². The Labute approximate surface area is 187 Å². The number of aromatic amines is 2. The average molecular weight is 480 g/mol. The normalized spacial score (nSPS) is 13.5. The van der Waals surface area contributed by atoms with Crippen molar-refractivity contribution >= 4 is 67.3 Å². The summed E-state index contributed by atoms with van der Waals surface area (Å²) in [4.78, 5) is 16.1. The fraction of sp³-hybridized carbons (Fsp3) is 0.0909. The van der Waals surface area contributed by atoms with Gasteiger partial charge in [0.25, 0.3) is 0 Å². The first-order valence-corrected chi connectivity index (χ1v) is 15.5. The predicted octanol–water partition coefficient (Wildman–Crippen LogP) is 5.16. The highest BCUT2D eigenvalue weighted by Crippen LogP contribution is 2.43.